The highest BCUT2D eigenvalue weighted by molar-refractivity contribution is 7.99. The summed E-state index contributed by atoms with van der Waals surface area (Å²) in [5.74, 6) is 0.742. The number of ether oxygens (including phenoxy) is 1. The molecule has 0 saturated carbocycles. The summed E-state index contributed by atoms with van der Waals surface area (Å²) in [5.41, 5.74) is 5.74. The van der Waals surface area contributed by atoms with Crippen molar-refractivity contribution in [2.75, 3.05) is 7.11 Å². The van der Waals surface area contributed by atoms with Gasteiger partial charge in [0.2, 0.25) is 0 Å². The third-order valence-corrected chi connectivity index (χ3v) is 3.21. The molecule has 0 radical (unpaired) electrons. The van der Waals surface area contributed by atoms with Gasteiger partial charge < -0.3 is 15.7 Å². The Morgan fingerprint density at radius 1 is 1.26 bits per heavy atom. The molecule has 0 aliphatic heterocycles. The average Bonchev–Trinajstić information content (AvgIpc) is 2.48. The van der Waals surface area contributed by atoms with Gasteiger partial charge in [0.1, 0.15) is 16.5 Å². The molecular weight excluding hydrogens is 264 g/mol. The number of hydrogen-bond acceptors (Lipinski definition) is 6. The summed E-state index contributed by atoms with van der Waals surface area (Å²) in [6.45, 7) is 0. The van der Waals surface area contributed by atoms with Crippen LogP contribution in [0.25, 0.3) is 0 Å². The predicted molar refractivity (Wildman–Crippen MR) is 71.7 cm³/mol. The van der Waals surface area contributed by atoms with Gasteiger partial charge in [-0.25, -0.2) is 9.97 Å². The lowest BCUT2D eigenvalue weighted by Crippen LogP contribution is -2.15. The van der Waals surface area contributed by atoms with Crippen LogP contribution in [-0.2, 0) is 0 Å². The van der Waals surface area contributed by atoms with Gasteiger partial charge in [0.25, 0.3) is 0 Å². The van der Waals surface area contributed by atoms with E-state index in [-0.39, 0.29) is 5.84 Å². The van der Waals surface area contributed by atoms with Crippen LogP contribution in [0.5, 0.6) is 5.75 Å². The van der Waals surface area contributed by atoms with Crippen molar-refractivity contribution >= 4 is 17.6 Å². The van der Waals surface area contributed by atoms with E-state index in [9.17, 15) is 0 Å². The van der Waals surface area contributed by atoms with Crippen molar-refractivity contribution in [3.63, 3.8) is 0 Å². The molecule has 0 saturated heterocycles. The maximum atomic E-state index is 8.52. The maximum Gasteiger partial charge on any atom is 0.190 e. The Bertz CT molecular complexity index is 569. The summed E-state index contributed by atoms with van der Waals surface area (Å²) >= 11 is 1.46. The average molecular weight is 276 g/mol. The van der Waals surface area contributed by atoms with Gasteiger partial charge in [0.15, 0.2) is 5.84 Å². The van der Waals surface area contributed by atoms with Crippen molar-refractivity contribution in [3.05, 3.63) is 42.4 Å². The van der Waals surface area contributed by atoms with Gasteiger partial charge in [-0.2, -0.15) is 0 Å². The third kappa shape index (κ3) is 3.35. The predicted octanol–water partition coefficient (Wildman–Crippen LogP) is 1.73. The highest BCUT2D eigenvalue weighted by Crippen LogP contribution is 2.26. The first-order valence-electron chi connectivity index (χ1n) is 5.35. The molecule has 0 unspecified atom stereocenters. The minimum atomic E-state index is -0.0616. The van der Waals surface area contributed by atoms with Crippen LogP contribution >= 0.6 is 11.8 Å². The first-order valence-corrected chi connectivity index (χ1v) is 6.16. The van der Waals surface area contributed by atoms with Crippen molar-refractivity contribution in [1.82, 2.24) is 9.97 Å². The van der Waals surface area contributed by atoms with Gasteiger partial charge in [0.05, 0.1) is 19.5 Å². The van der Waals surface area contributed by atoms with E-state index in [0.717, 1.165) is 15.7 Å². The van der Waals surface area contributed by atoms with E-state index in [2.05, 4.69) is 15.1 Å². The van der Waals surface area contributed by atoms with Crippen LogP contribution in [0.2, 0.25) is 0 Å². The summed E-state index contributed by atoms with van der Waals surface area (Å²) in [5, 5.41) is 12.1. The van der Waals surface area contributed by atoms with Crippen LogP contribution in [0.15, 0.2) is 51.7 Å². The molecule has 0 bridgehead atoms. The van der Waals surface area contributed by atoms with Gasteiger partial charge in [-0.1, -0.05) is 16.9 Å². The number of aromatic nitrogens is 2. The zero-order chi connectivity index (χ0) is 13.7. The standard InChI is InChI=1S/C12H12N4O2S/c1-18-8-2-4-9(5-3-8)19-11-7-14-10(6-15-11)12(13)16-17/h2-7,17H,1H3,(H2,13,16). The van der Waals surface area contributed by atoms with E-state index in [1.165, 1.54) is 18.0 Å². The Balaban J connectivity index is 2.10. The molecule has 0 fully saturated rings. The highest BCUT2D eigenvalue weighted by atomic mass is 32.2. The third-order valence-electron chi connectivity index (χ3n) is 2.28. The Labute approximate surface area is 114 Å². The molecule has 0 amide bonds. The number of amidine groups is 1. The normalized spacial score (nSPS) is 11.3. The molecule has 0 aliphatic carbocycles. The number of methoxy groups -OCH3 is 1. The van der Waals surface area contributed by atoms with Crippen LogP contribution in [-0.4, -0.2) is 28.1 Å². The molecule has 19 heavy (non-hydrogen) atoms. The fourth-order valence-corrected chi connectivity index (χ4v) is 2.04. The lowest BCUT2D eigenvalue weighted by Gasteiger charge is -2.03. The first-order chi connectivity index (χ1) is 9.22. The second kappa shape index (κ2) is 6.05. The second-order valence-corrected chi connectivity index (χ2v) is 4.60. The summed E-state index contributed by atoms with van der Waals surface area (Å²) in [6, 6.07) is 7.62. The second-order valence-electron chi connectivity index (χ2n) is 3.50. The largest absolute Gasteiger partial charge is 0.497 e. The lowest BCUT2D eigenvalue weighted by atomic mass is 10.3. The summed E-state index contributed by atoms with van der Waals surface area (Å²) in [6.07, 6.45) is 3.03. The van der Waals surface area contributed by atoms with E-state index in [4.69, 9.17) is 15.7 Å². The SMILES string of the molecule is COc1ccc(Sc2cnc(C(N)=NO)cn2)cc1. The van der Waals surface area contributed by atoms with E-state index >= 15 is 0 Å². The molecule has 0 aliphatic rings. The Hall–Kier alpha value is -2.28. The quantitative estimate of drug-likeness (QED) is 0.382. The molecule has 1 heterocycles. The lowest BCUT2D eigenvalue weighted by molar-refractivity contribution is 0.318. The fraction of sp³-hybridized carbons (Fsp3) is 0.0833. The van der Waals surface area contributed by atoms with Crippen LogP contribution in [0, 0.1) is 0 Å². The van der Waals surface area contributed by atoms with Gasteiger partial charge in [0, 0.05) is 4.90 Å². The Kier molecular flexibility index (Phi) is 4.19. The van der Waals surface area contributed by atoms with Crippen molar-refractivity contribution in [2.45, 2.75) is 9.92 Å². The molecule has 6 nitrogen and oxygen atoms in total. The number of nitrogens with two attached hydrogens (primary N) is 1. The fourth-order valence-electron chi connectivity index (χ4n) is 1.32. The Morgan fingerprint density at radius 3 is 2.53 bits per heavy atom. The number of oxime groups is 1. The molecule has 2 aromatic rings. The van der Waals surface area contributed by atoms with Crippen molar-refractivity contribution in [1.29, 1.82) is 0 Å². The zero-order valence-corrected chi connectivity index (χ0v) is 11.0. The van der Waals surface area contributed by atoms with Crippen LogP contribution in [0.3, 0.4) is 0 Å². The molecular formula is C12H12N4O2S. The van der Waals surface area contributed by atoms with Crippen LogP contribution in [0.1, 0.15) is 5.69 Å². The molecule has 0 spiro atoms. The molecule has 2 rings (SSSR count). The molecule has 1 aromatic heterocycles. The molecule has 3 N–H and O–H groups in total. The summed E-state index contributed by atoms with van der Waals surface area (Å²) < 4.78 is 5.09. The molecule has 1 aromatic carbocycles. The number of nitrogens with zero attached hydrogens (tertiary/aromatic N) is 3. The van der Waals surface area contributed by atoms with Gasteiger partial charge in [-0.15, -0.1) is 0 Å². The summed E-state index contributed by atoms with van der Waals surface area (Å²) in [7, 11) is 1.62. The van der Waals surface area contributed by atoms with Gasteiger partial charge in [-0.05, 0) is 24.3 Å². The number of rotatable bonds is 4. The zero-order valence-electron chi connectivity index (χ0n) is 10.1. The van der Waals surface area contributed by atoms with E-state index in [0.29, 0.717) is 5.69 Å². The maximum absolute atomic E-state index is 8.52. The molecule has 0 atom stereocenters. The smallest absolute Gasteiger partial charge is 0.190 e. The van der Waals surface area contributed by atoms with Crippen LogP contribution < -0.4 is 10.5 Å². The van der Waals surface area contributed by atoms with Gasteiger partial charge in [-0.3, -0.25) is 0 Å². The van der Waals surface area contributed by atoms with E-state index in [1.54, 1.807) is 13.3 Å². The van der Waals surface area contributed by atoms with E-state index in [1.807, 2.05) is 24.3 Å². The van der Waals surface area contributed by atoms with E-state index < -0.39 is 0 Å². The minimum absolute atomic E-state index is 0.0616. The Morgan fingerprint density at radius 2 is 2.00 bits per heavy atom. The van der Waals surface area contributed by atoms with Crippen molar-refractivity contribution < 1.29 is 9.94 Å². The number of benzene rings is 1. The molecule has 7 heteroatoms. The monoisotopic (exact) mass is 276 g/mol. The molecule has 98 valence electrons. The minimum Gasteiger partial charge on any atom is -0.497 e. The first kappa shape index (κ1) is 13.2. The van der Waals surface area contributed by atoms with Crippen molar-refractivity contribution in [2.24, 2.45) is 10.9 Å². The summed E-state index contributed by atoms with van der Waals surface area (Å²) in [4.78, 5) is 9.26. The van der Waals surface area contributed by atoms with Crippen molar-refractivity contribution in [3.8, 4) is 5.75 Å². The van der Waals surface area contributed by atoms with Crippen LogP contribution in [0.4, 0.5) is 0 Å². The number of hydrogen-bond donors (Lipinski definition) is 2. The highest BCUT2D eigenvalue weighted by Gasteiger charge is 2.04. The van der Waals surface area contributed by atoms with Gasteiger partial charge >= 0.3 is 0 Å². The topological polar surface area (TPSA) is 93.6 Å².